The minimum atomic E-state index is -0.128. The lowest BCUT2D eigenvalue weighted by molar-refractivity contribution is 0.0656. The molecular weight excluding hydrogens is 368 g/mol. The second-order valence-electron chi connectivity index (χ2n) is 7.85. The molecule has 0 unspecified atom stereocenters. The van der Waals surface area contributed by atoms with Crippen LogP contribution in [0, 0.1) is 0 Å². The number of piperazine rings is 1. The van der Waals surface area contributed by atoms with E-state index in [9.17, 15) is 9.59 Å². The van der Waals surface area contributed by atoms with Gasteiger partial charge in [0.05, 0.1) is 12.7 Å². The van der Waals surface area contributed by atoms with Gasteiger partial charge in [-0.25, -0.2) is 9.48 Å². The van der Waals surface area contributed by atoms with Gasteiger partial charge in [0, 0.05) is 32.2 Å². The molecule has 0 spiro atoms. The van der Waals surface area contributed by atoms with E-state index < -0.39 is 0 Å². The van der Waals surface area contributed by atoms with Crippen molar-refractivity contribution in [1.29, 1.82) is 0 Å². The van der Waals surface area contributed by atoms with Gasteiger partial charge in [-0.2, -0.15) is 0 Å². The van der Waals surface area contributed by atoms with Gasteiger partial charge in [-0.1, -0.05) is 54.8 Å². The quantitative estimate of drug-likeness (QED) is 0.858. The summed E-state index contributed by atoms with van der Waals surface area (Å²) in [6, 6.07) is 10.2. The molecule has 1 aliphatic heterocycles. The summed E-state index contributed by atoms with van der Waals surface area (Å²) in [5, 5.41) is 11.3. The van der Waals surface area contributed by atoms with E-state index in [1.165, 1.54) is 19.3 Å². The zero-order valence-corrected chi connectivity index (χ0v) is 16.7. The number of nitrogens with one attached hydrogen (secondary N) is 1. The highest BCUT2D eigenvalue weighted by Gasteiger charge is 2.27. The van der Waals surface area contributed by atoms with Crippen LogP contribution in [0.3, 0.4) is 0 Å². The maximum absolute atomic E-state index is 12.7. The molecular formula is C21H28N6O2. The Morgan fingerprint density at radius 1 is 0.966 bits per heavy atom. The first-order chi connectivity index (χ1) is 14.2. The van der Waals surface area contributed by atoms with Crippen LogP contribution in [0.5, 0.6) is 0 Å². The molecule has 1 aromatic heterocycles. The fourth-order valence-electron chi connectivity index (χ4n) is 4.03. The monoisotopic (exact) mass is 396 g/mol. The first-order valence-corrected chi connectivity index (χ1v) is 10.5. The average molecular weight is 396 g/mol. The third-order valence-corrected chi connectivity index (χ3v) is 5.73. The highest BCUT2D eigenvalue weighted by atomic mass is 16.2. The maximum Gasteiger partial charge on any atom is 0.317 e. The Morgan fingerprint density at radius 3 is 2.38 bits per heavy atom. The molecule has 0 atom stereocenters. The van der Waals surface area contributed by atoms with Crippen LogP contribution in [-0.2, 0) is 6.54 Å². The molecule has 29 heavy (non-hydrogen) atoms. The highest BCUT2D eigenvalue weighted by Crippen LogP contribution is 2.18. The van der Waals surface area contributed by atoms with Crippen molar-refractivity contribution in [2.75, 3.05) is 26.2 Å². The minimum Gasteiger partial charge on any atom is -0.335 e. The summed E-state index contributed by atoms with van der Waals surface area (Å²) in [6.45, 7) is 2.70. The van der Waals surface area contributed by atoms with Gasteiger partial charge in [0.1, 0.15) is 0 Å². The maximum atomic E-state index is 12.7. The van der Waals surface area contributed by atoms with Gasteiger partial charge < -0.3 is 15.1 Å². The molecule has 2 fully saturated rings. The Balaban J connectivity index is 1.27. The van der Waals surface area contributed by atoms with Crippen LogP contribution in [0.15, 0.2) is 36.5 Å². The standard InChI is InChI=1S/C21H28N6O2/c28-20(19-16-27(24-23-19)15-17-7-3-1-4-8-17)25-11-13-26(14-12-25)21(29)22-18-9-5-2-6-10-18/h1,3-4,7-8,16,18H,2,5-6,9-15H2,(H,22,29). The fourth-order valence-corrected chi connectivity index (χ4v) is 4.03. The molecule has 1 saturated heterocycles. The van der Waals surface area contributed by atoms with Gasteiger partial charge in [-0.05, 0) is 18.4 Å². The van der Waals surface area contributed by atoms with E-state index in [0.717, 1.165) is 18.4 Å². The summed E-state index contributed by atoms with van der Waals surface area (Å²) >= 11 is 0. The van der Waals surface area contributed by atoms with Crippen LogP contribution < -0.4 is 5.32 Å². The fraction of sp³-hybridized carbons (Fsp3) is 0.524. The molecule has 2 heterocycles. The smallest absolute Gasteiger partial charge is 0.317 e. The molecule has 2 aliphatic rings. The Bertz CT molecular complexity index is 823. The van der Waals surface area contributed by atoms with Gasteiger partial charge in [-0.3, -0.25) is 4.79 Å². The minimum absolute atomic E-state index is 0.00203. The van der Waals surface area contributed by atoms with E-state index in [1.807, 2.05) is 35.2 Å². The molecule has 3 amide bonds. The van der Waals surface area contributed by atoms with E-state index in [2.05, 4.69) is 15.6 Å². The molecule has 0 radical (unpaired) electrons. The Kier molecular flexibility index (Phi) is 6.07. The Morgan fingerprint density at radius 2 is 1.66 bits per heavy atom. The number of hydrogen-bond acceptors (Lipinski definition) is 4. The lowest BCUT2D eigenvalue weighted by Gasteiger charge is -2.35. The number of urea groups is 1. The third kappa shape index (κ3) is 4.93. The average Bonchev–Trinajstić information content (AvgIpc) is 3.23. The number of hydrogen-bond donors (Lipinski definition) is 1. The van der Waals surface area contributed by atoms with Crippen molar-refractivity contribution < 1.29 is 9.59 Å². The molecule has 8 heteroatoms. The molecule has 4 rings (SSSR count). The van der Waals surface area contributed by atoms with Crippen LogP contribution in [-0.4, -0.2) is 69.0 Å². The van der Waals surface area contributed by atoms with Crippen LogP contribution in [0.25, 0.3) is 0 Å². The molecule has 1 aromatic carbocycles. The third-order valence-electron chi connectivity index (χ3n) is 5.73. The number of carbonyl (C=O) groups excluding carboxylic acids is 2. The van der Waals surface area contributed by atoms with Crippen molar-refractivity contribution in [3.05, 3.63) is 47.8 Å². The van der Waals surface area contributed by atoms with Crippen LogP contribution in [0.1, 0.15) is 48.2 Å². The van der Waals surface area contributed by atoms with Crippen molar-refractivity contribution in [2.45, 2.75) is 44.7 Å². The number of nitrogens with zero attached hydrogens (tertiary/aromatic N) is 5. The molecule has 2 aromatic rings. The number of carbonyl (C=O) groups is 2. The van der Waals surface area contributed by atoms with Gasteiger partial charge in [0.2, 0.25) is 0 Å². The summed E-state index contributed by atoms with van der Waals surface area (Å²) in [6.07, 6.45) is 7.49. The van der Waals surface area contributed by atoms with Gasteiger partial charge in [0.15, 0.2) is 5.69 Å². The normalized spacial score (nSPS) is 17.9. The number of rotatable bonds is 4. The predicted octanol–water partition coefficient (Wildman–Crippen LogP) is 2.13. The Labute approximate surface area is 170 Å². The molecule has 154 valence electrons. The van der Waals surface area contributed by atoms with E-state index in [0.29, 0.717) is 44.5 Å². The van der Waals surface area contributed by atoms with Crippen molar-refractivity contribution >= 4 is 11.9 Å². The van der Waals surface area contributed by atoms with Crippen molar-refractivity contribution in [1.82, 2.24) is 30.1 Å². The number of benzene rings is 1. The topological polar surface area (TPSA) is 83.4 Å². The van der Waals surface area contributed by atoms with Gasteiger partial charge in [0.25, 0.3) is 5.91 Å². The first-order valence-electron chi connectivity index (χ1n) is 10.5. The summed E-state index contributed by atoms with van der Waals surface area (Å²) in [5.41, 5.74) is 1.45. The zero-order valence-electron chi connectivity index (χ0n) is 16.7. The summed E-state index contributed by atoms with van der Waals surface area (Å²) in [5.74, 6) is -0.128. The second-order valence-corrected chi connectivity index (χ2v) is 7.85. The van der Waals surface area contributed by atoms with Crippen molar-refractivity contribution in [2.24, 2.45) is 0 Å². The summed E-state index contributed by atoms with van der Waals surface area (Å²) < 4.78 is 1.68. The molecule has 0 bridgehead atoms. The van der Waals surface area contributed by atoms with Crippen molar-refractivity contribution in [3.8, 4) is 0 Å². The number of amides is 3. The molecule has 1 saturated carbocycles. The van der Waals surface area contributed by atoms with Gasteiger partial charge in [-0.15, -0.1) is 5.10 Å². The lowest BCUT2D eigenvalue weighted by atomic mass is 9.96. The van der Waals surface area contributed by atoms with Crippen LogP contribution in [0.2, 0.25) is 0 Å². The van der Waals surface area contributed by atoms with E-state index in [-0.39, 0.29) is 11.9 Å². The summed E-state index contributed by atoms with van der Waals surface area (Å²) in [4.78, 5) is 28.8. The van der Waals surface area contributed by atoms with Crippen LogP contribution >= 0.6 is 0 Å². The van der Waals surface area contributed by atoms with E-state index in [4.69, 9.17) is 0 Å². The van der Waals surface area contributed by atoms with E-state index >= 15 is 0 Å². The summed E-state index contributed by atoms with van der Waals surface area (Å²) in [7, 11) is 0. The molecule has 8 nitrogen and oxygen atoms in total. The lowest BCUT2D eigenvalue weighted by Crippen LogP contribution is -2.54. The van der Waals surface area contributed by atoms with Crippen LogP contribution in [0.4, 0.5) is 4.79 Å². The molecule has 1 N–H and O–H groups in total. The predicted molar refractivity (Wildman–Crippen MR) is 108 cm³/mol. The Hall–Kier alpha value is -2.90. The SMILES string of the molecule is O=C(NC1CCCCC1)N1CCN(C(=O)c2cn(Cc3ccccc3)nn2)CC1. The van der Waals surface area contributed by atoms with Gasteiger partial charge >= 0.3 is 6.03 Å². The zero-order chi connectivity index (χ0) is 20.1. The largest absolute Gasteiger partial charge is 0.335 e. The first kappa shape index (κ1) is 19.4. The van der Waals surface area contributed by atoms with Crippen molar-refractivity contribution in [3.63, 3.8) is 0 Å². The number of aromatic nitrogens is 3. The highest BCUT2D eigenvalue weighted by molar-refractivity contribution is 5.92. The molecule has 1 aliphatic carbocycles. The van der Waals surface area contributed by atoms with E-state index in [1.54, 1.807) is 15.8 Å². The second kappa shape index (κ2) is 9.07.